The van der Waals surface area contributed by atoms with Crippen molar-refractivity contribution in [1.29, 1.82) is 0 Å². The first-order valence-electron chi connectivity index (χ1n) is 5.80. The summed E-state index contributed by atoms with van der Waals surface area (Å²) in [6.07, 6.45) is 4.16. The zero-order valence-electron chi connectivity index (χ0n) is 9.54. The second-order valence-corrected chi connectivity index (χ2v) is 7.09. The molecule has 2 N–H and O–H groups in total. The van der Waals surface area contributed by atoms with Gasteiger partial charge in [-0.15, -0.1) is 11.3 Å². The van der Waals surface area contributed by atoms with Gasteiger partial charge < -0.3 is 10.4 Å². The Morgan fingerprint density at radius 1 is 1.53 bits per heavy atom. The van der Waals surface area contributed by atoms with Gasteiger partial charge in [0.15, 0.2) is 0 Å². The van der Waals surface area contributed by atoms with Crippen LogP contribution in [0.2, 0.25) is 0 Å². The number of thiophene rings is 1. The predicted octanol–water partition coefficient (Wildman–Crippen LogP) is 2.47. The standard InChI is InChI=1S/C12H16BrNO2S/c13-10-5-4-9(17-10)2-1-3-11(16)14-12(8-15)6-7-12/h4-5,15H,1-3,6-8H2,(H,14,16). The van der Waals surface area contributed by atoms with Crippen LogP contribution in [0.3, 0.4) is 0 Å². The molecule has 1 heterocycles. The summed E-state index contributed by atoms with van der Waals surface area (Å²) < 4.78 is 1.13. The van der Waals surface area contributed by atoms with Crippen LogP contribution in [0.5, 0.6) is 0 Å². The monoisotopic (exact) mass is 317 g/mol. The summed E-state index contributed by atoms with van der Waals surface area (Å²) in [5, 5.41) is 12.0. The molecule has 0 bridgehead atoms. The normalized spacial score (nSPS) is 16.8. The molecule has 1 aromatic heterocycles. The van der Waals surface area contributed by atoms with Crippen LogP contribution in [0.15, 0.2) is 15.9 Å². The highest BCUT2D eigenvalue weighted by Gasteiger charge is 2.43. The molecule has 5 heteroatoms. The second kappa shape index (κ2) is 5.50. The predicted molar refractivity (Wildman–Crippen MR) is 72.2 cm³/mol. The highest BCUT2D eigenvalue weighted by molar-refractivity contribution is 9.11. The number of carbonyl (C=O) groups is 1. The Morgan fingerprint density at radius 3 is 2.82 bits per heavy atom. The Bertz CT molecular complexity index is 401. The third-order valence-electron chi connectivity index (χ3n) is 3.02. The summed E-state index contributed by atoms with van der Waals surface area (Å²) in [6, 6.07) is 4.12. The zero-order chi connectivity index (χ0) is 12.3. The van der Waals surface area contributed by atoms with E-state index in [1.807, 2.05) is 6.07 Å². The minimum atomic E-state index is -0.275. The number of aliphatic hydroxyl groups excluding tert-OH is 1. The van der Waals surface area contributed by atoms with E-state index in [-0.39, 0.29) is 18.1 Å². The average Bonchev–Trinajstić information content (AvgIpc) is 2.95. The lowest BCUT2D eigenvalue weighted by atomic mass is 10.2. The van der Waals surface area contributed by atoms with Gasteiger partial charge in [-0.1, -0.05) is 0 Å². The highest BCUT2D eigenvalue weighted by Crippen LogP contribution is 2.34. The Labute approximate surface area is 113 Å². The highest BCUT2D eigenvalue weighted by atomic mass is 79.9. The Hall–Kier alpha value is -0.390. The van der Waals surface area contributed by atoms with Crippen LogP contribution in [0.25, 0.3) is 0 Å². The van der Waals surface area contributed by atoms with Crippen LogP contribution >= 0.6 is 27.3 Å². The largest absolute Gasteiger partial charge is 0.394 e. The molecule has 0 aromatic carbocycles. The molecule has 0 saturated heterocycles. The molecular formula is C12H16BrNO2S. The van der Waals surface area contributed by atoms with Gasteiger partial charge in [-0.25, -0.2) is 0 Å². The number of aliphatic hydroxyl groups is 1. The van der Waals surface area contributed by atoms with Crippen molar-refractivity contribution in [3.63, 3.8) is 0 Å². The van der Waals surface area contributed by atoms with Crippen molar-refractivity contribution >= 4 is 33.2 Å². The molecule has 0 unspecified atom stereocenters. The fourth-order valence-electron chi connectivity index (χ4n) is 1.74. The van der Waals surface area contributed by atoms with Crippen molar-refractivity contribution in [1.82, 2.24) is 5.32 Å². The number of carbonyl (C=O) groups excluding carboxylic acids is 1. The van der Waals surface area contributed by atoms with Gasteiger partial charge in [0.2, 0.25) is 5.91 Å². The molecule has 94 valence electrons. The minimum Gasteiger partial charge on any atom is -0.394 e. The van der Waals surface area contributed by atoms with E-state index in [1.54, 1.807) is 11.3 Å². The van der Waals surface area contributed by atoms with Crippen molar-refractivity contribution in [3.05, 3.63) is 20.8 Å². The lowest BCUT2D eigenvalue weighted by molar-refractivity contribution is -0.122. The summed E-state index contributed by atoms with van der Waals surface area (Å²) in [5.74, 6) is 0.0622. The molecule has 0 aliphatic heterocycles. The number of hydrogen-bond acceptors (Lipinski definition) is 3. The van der Waals surface area contributed by atoms with Gasteiger partial charge in [0.1, 0.15) is 0 Å². The first-order valence-corrected chi connectivity index (χ1v) is 7.41. The van der Waals surface area contributed by atoms with Crippen molar-refractivity contribution in [2.24, 2.45) is 0 Å². The van der Waals surface area contributed by atoms with E-state index in [2.05, 4.69) is 27.3 Å². The Morgan fingerprint density at radius 2 is 2.29 bits per heavy atom. The molecule has 1 aliphatic rings. The van der Waals surface area contributed by atoms with E-state index < -0.39 is 0 Å². The van der Waals surface area contributed by atoms with Crippen LogP contribution in [0.4, 0.5) is 0 Å². The maximum absolute atomic E-state index is 11.6. The topological polar surface area (TPSA) is 49.3 Å². The number of aryl methyl sites for hydroxylation is 1. The molecule has 17 heavy (non-hydrogen) atoms. The van der Waals surface area contributed by atoms with E-state index in [4.69, 9.17) is 5.11 Å². The third-order valence-corrected chi connectivity index (χ3v) is 4.70. The molecule has 1 aromatic rings. The molecule has 1 aliphatic carbocycles. The average molecular weight is 318 g/mol. The van der Waals surface area contributed by atoms with Crippen molar-refractivity contribution in [2.45, 2.75) is 37.6 Å². The maximum atomic E-state index is 11.6. The third kappa shape index (κ3) is 3.79. The molecule has 1 amide bonds. The fourth-order valence-corrected chi connectivity index (χ4v) is 3.27. The lowest BCUT2D eigenvalue weighted by Crippen LogP contribution is -2.39. The molecular weight excluding hydrogens is 302 g/mol. The number of halogens is 1. The first kappa shape index (κ1) is 13.1. The number of hydrogen-bond donors (Lipinski definition) is 2. The van der Waals surface area contributed by atoms with Gasteiger partial charge in [0.25, 0.3) is 0 Å². The lowest BCUT2D eigenvalue weighted by Gasteiger charge is -2.13. The molecule has 3 nitrogen and oxygen atoms in total. The van der Waals surface area contributed by atoms with Gasteiger partial charge >= 0.3 is 0 Å². The first-order chi connectivity index (χ1) is 8.13. The van der Waals surface area contributed by atoms with Crippen LogP contribution in [0, 0.1) is 0 Å². The van der Waals surface area contributed by atoms with Gasteiger partial charge in [-0.2, -0.15) is 0 Å². The van der Waals surface area contributed by atoms with E-state index in [0.29, 0.717) is 6.42 Å². The number of amides is 1. The summed E-state index contributed by atoms with van der Waals surface area (Å²) in [4.78, 5) is 12.9. The summed E-state index contributed by atoms with van der Waals surface area (Å²) in [6.45, 7) is 0.0661. The summed E-state index contributed by atoms with van der Waals surface area (Å²) >= 11 is 5.14. The van der Waals surface area contributed by atoms with Crippen LogP contribution < -0.4 is 5.32 Å². The van der Waals surface area contributed by atoms with Gasteiger partial charge in [-0.3, -0.25) is 4.79 Å². The van der Waals surface area contributed by atoms with E-state index in [0.717, 1.165) is 29.5 Å². The molecule has 1 fully saturated rings. The van der Waals surface area contributed by atoms with Gasteiger partial charge in [0, 0.05) is 11.3 Å². The smallest absolute Gasteiger partial charge is 0.220 e. The molecule has 0 spiro atoms. The van der Waals surface area contributed by atoms with Crippen LogP contribution in [-0.2, 0) is 11.2 Å². The number of rotatable bonds is 6. The molecule has 0 radical (unpaired) electrons. The van der Waals surface area contributed by atoms with Crippen molar-refractivity contribution in [3.8, 4) is 0 Å². The van der Waals surface area contributed by atoms with Crippen molar-refractivity contribution in [2.75, 3.05) is 6.61 Å². The molecule has 2 rings (SSSR count). The van der Waals surface area contributed by atoms with E-state index in [1.165, 1.54) is 4.88 Å². The van der Waals surface area contributed by atoms with Gasteiger partial charge in [0.05, 0.1) is 15.9 Å². The molecule has 1 saturated carbocycles. The Kier molecular flexibility index (Phi) is 4.22. The van der Waals surface area contributed by atoms with Gasteiger partial charge in [-0.05, 0) is 53.7 Å². The van der Waals surface area contributed by atoms with E-state index >= 15 is 0 Å². The molecule has 0 atom stereocenters. The summed E-state index contributed by atoms with van der Waals surface area (Å²) in [5.41, 5.74) is -0.275. The van der Waals surface area contributed by atoms with E-state index in [9.17, 15) is 4.79 Å². The van der Waals surface area contributed by atoms with Crippen LogP contribution in [0.1, 0.15) is 30.6 Å². The quantitative estimate of drug-likeness (QED) is 0.846. The Balaban J connectivity index is 1.66. The minimum absolute atomic E-state index is 0.0622. The SMILES string of the molecule is O=C(CCCc1ccc(Br)s1)NC1(CO)CC1. The fraction of sp³-hybridized carbons (Fsp3) is 0.583. The number of nitrogens with one attached hydrogen (secondary N) is 1. The van der Waals surface area contributed by atoms with Crippen molar-refractivity contribution < 1.29 is 9.90 Å². The zero-order valence-corrected chi connectivity index (χ0v) is 11.9. The van der Waals surface area contributed by atoms with Crippen LogP contribution in [-0.4, -0.2) is 23.2 Å². The maximum Gasteiger partial charge on any atom is 0.220 e. The second-order valence-electron chi connectivity index (χ2n) is 4.55. The summed E-state index contributed by atoms with van der Waals surface area (Å²) in [7, 11) is 0.